The summed E-state index contributed by atoms with van der Waals surface area (Å²) in [4.78, 5) is 31.2. The third-order valence-corrected chi connectivity index (χ3v) is 6.53. The average Bonchev–Trinajstić information content (AvgIpc) is 3.32. The molecule has 1 aromatic heterocycles. The van der Waals surface area contributed by atoms with E-state index in [2.05, 4.69) is 0 Å². The first-order chi connectivity index (χ1) is 15.7. The molecule has 0 spiro atoms. The number of benzene rings is 2. The largest absolute Gasteiger partial charge is 0.454 e. The second-order valence-corrected chi connectivity index (χ2v) is 9.08. The molecule has 1 aliphatic heterocycles. The molecule has 1 fully saturated rings. The smallest absolute Gasteiger partial charge is 0.254 e. The van der Waals surface area contributed by atoms with E-state index in [1.807, 2.05) is 58.8 Å². The zero-order valence-corrected chi connectivity index (χ0v) is 18.4. The van der Waals surface area contributed by atoms with Crippen molar-refractivity contribution in [2.24, 2.45) is 0 Å². The Balaban J connectivity index is 1.35. The highest BCUT2D eigenvalue weighted by molar-refractivity contribution is 7.09. The van der Waals surface area contributed by atoms with Crippen molar-refractivity contribution in [1.82, 2.24) is 9.80 Å². The van der Waals surface area contributed by atoms with Crippen LogP contribution in [0.3, 0.4) is 0 Å². The number of ether oxygens (including phenoxy) is 2. The van der Waals surface area contributed by atoms with Crippen LogP contribution in [-0.2, 0) is 17.9 Å². The first kappa shape index (κ1) is 20.6. The Kier molecular flexibility index (Phi) is 5.81. The van der Waals surface area contributed by atoms with Gasteiger partial charge in [0.2, 0.25) is 12.7 Å². The summed E-state index contributed by atoms with van der Waals surface area (Å²) in [6.07, 6.45) is 1.89. The highest BCUT2D eigenvalue weighted by Gasteiger charge is 2.35. The highest BCUT2D eigenvalue weighted by Crippen LogP contribution is 2.33. The summed E-state index contributed by atoms with van der Waals surface area (Å²) in [6.45, 7) is 1.23. The summed E-state index contributed by atoms with van der Waals surface area (Å²) in [7, 11) is 0. The van der Waals surface area contributed by atoms with Crippen LogP contribution in [-0.4, -0.2) is 41.0 Å². The molecule has 1 saturated carbocycles. The SMILES string of the molecule is O=C(CN(C(=O)c1ccccc1)C1CC1)N(Cc1ccc2c(c1)OCO2)Cc1cccs1. The van der Waals surface area contributed by atoms with E-state index >= 15 is 0 Å². The van der Waals surface area contributed by atoms with Crippen molar-refractivity contribution in [1.29, 1.82) is 0 Å². The van der Waals surface area contributed by atoms with E-state index in [4.69, 9.17) is 9.47 Å². The van der Waals surface area contributed by atoms with E-state index in [0.717, 1.165) is 29.0 Å². The summed E-state index contributed by atoms with van der Waals surface area (Å²) in [5.41, 5.74) is 1.58. The maximum Gasteiger partial charge on any atom is 0.254 e. The maximum absolute atomic E-state index is 13.5. The number of carbonyl (C=O) groups is 2. The zero-order chi connectivity index (χ0) is 21.9. The first-order valence-corrected chi connectivity index (χ1v) is 11.6. The summed E-state index contributed by atoms with van der Waals surface area (Å²) >= 11 is 1.62. The van der Waals surface area contributed by atoms with Gasteiger partial charge in [-0.2, -0.15) is 0 Å². The summed E-state index contributed by atoms with van der Waals surface area (Å²) in [5, 5.41) is 2.01. The Bertz CT molecular complexity index is 1100. The minimum Gasteiger partial charge on any atom is -0.454 e. The first-order valence-electron chi connectivity index (χ1n) is 10.7. The Labute approximate surface area is 191 Å². The minimum atomic E-state index is -0.0828. The Morgan fingerprint density at radius 3 is 2.50 bits per heavy atom. The van der Waals surface area contributed by atoms with Crippen LogP contribution in [0.1, 0.15) is 33.6 Å². The van der Waals surface area contributed by atoms with Crippen LogP contribution in [0.4, 0.5) is 0 Å². The van der Waals surface area contributed by atoms with Crippen LogP contribution in [0, 0.1) is 0 Å². The molecule has 2 amide bonds. The molecule has 3 aromatic rings. The van der Waals surface area contributed by atoms with E-state index in [9.17, 15) is 9.59 Å². The van der Waals surface area contributed by atoms with Gasteiger partial charge in [0, 0.05) is 23.0 Å². The van der Waals surface area contributed by atoms with Gasteiger partial charge in [-0.05, 0) is 54.1 Å². The predicted octanol–water partition coefficient (Wildman–Crippen LogP) is 4.31. The summed E-state index contributed by atoms with van der Waals surface area (Å²) < 4.78 is 10.9. The number of thiophene rings is 1. The molecule has 2 heterocycles. The zero-order valence-electron chi connectivity index (χ0n) is 17.6. The molecule has 0 saturated heterocycles. The molecule has 0 bridgehead atoms. The van der Waals surface area contributed by atoms with Crippen LogP contribution in [0.15, 0.2) is 66.0 Å². The van der Waals surface area contributed by atoms with E-state index in [-0.39, 0.29) is 31.2 Å². The molecule has 32 heavy (non-hydrogen) atoms. The standard InChI is InChI=1S/C25H24N2O4S/c28-24(16-27(20-9-10-20)25(29)19-5-2-1-3-6-19)26(15-21-7-4-12-32-21)14-18-8-11-22-23(13-18)31-17-30-22/h1-8,11-13,20H,9-10,14-17H2. The van der Waals surface area contributed by atoms with Gasteiger partial charge in [-0.3, -0.25) is 9.59 Å². The highest BCUT2D eigenvalue weighted by atomic mass is 32.1. The number of hydrogen-bond donors (Lipinski definition) is 0. The summed E-state index contributed by atoms with van der Waals surface area (Å²) in [5.74, 6) is 1.27. The van der Waals surface area contributed by atoms with Crippen molar-refractivity contribution >= 4 is 23.2 Å². The lowest BCUT2D eigenvalue weighted by atomic mass is 10.1. The monoisotopic (exact) mass is 448 g/mol. The number of fused-ring (bicyclic) bond motifs is 1. The van der Waals surface area contributed by atoms with Crippen LogP contribution in [0.25, 0.3) is 0 Å². The van der Waals surface area contributed by atoms with Crippen LogP contribution in [0.5, 0.6) is 11.5 Å². The molecule has 2 aliphatic rings. The quantitative estimate of drug-likeness (QED) is 0.515. The molecule has 0 radical (unpaired) electrons. The van der Waals surface area contributed by atoms with E-state index in [0.29, 0.717) is 24.4 Å². The van der Waals surface area contributed by atoms with Crippen molar-refractivity contribution in [3.63, 3.8) is 0 Å². The van der Waals surface area contributed by atoms with Crippen molar-refractivity contribution in [2.75, 3.05) is 13.3 Å². The topological polar surface area (TPSA) is 59.1 Å². The second-order valence-electron chi connectivity index (χ2n) is 8.05. The normalized spacial score (nSPS) is 14.2. The average molecular weight is 449 g/mol. The van der Waals surface area contributed by atoms with Crippen molar-refractivity contribution in [3.8, 4) is 11.5 Å². The van der Waals surface area contributed by atoms with Gasteiger partial charge in [0.15, 0.2) is 11.5 Å². The number of carbonyl (C=O) groups excluding carboxylic acids is 2. The predicted molar refractivity (Wildman–Crippen MR) is 122 cm³/mol. The minimum absolute atomic E-state index is 0.0627. The lowest BCUT2D eigenvalue weighted by Gasteiger charge is -2.28. The molecule has 2 aromatic carbocycles. The van der Waals surface area contributed by atoms with Crippen LogP contribution >= 0.6 is 11.3 Å². The summed E-state index contributed by atoms with van der Waals surface area (Å²) in [6, 6.07) is 19.1. The van der Waals surface area contributed by atoms with E-state index in [1.54, 1.807) is 28.4 Å². The van der Waals surface area contributed by atoms with Crippen LogP contribution in [0.2, 0.25) is 0 Å². The molecule has 6 nitrogen and oxygen atoms in total. The Morgan fingerprint density at radius 1 is 0.938 bits per heavy atom. The van der Waals surface area contributed by atoms with E-state index in [1.165, 1.54) is 0 Å². The molecule has 0 unspecified atom stereocenters. The van der Waals surface area contributed by atoms with Gasteiger partial charge in [-0.25, -0.2) is 0 Å². The number of nitrogens with zero attached hydrogens (tertiary/aromatic N) is 2. The van der Waals surface area contributed by atoms with Gasteiger partial charge in [-0.1, -0.05) is 30.3 Å². The fourth-order valence-corrected chi connectivity index (χ4v) is 4.55. The number of rotatable bonds is 8. The third kappa shape index (κ3) is 4.62. The van der Waals surface area contributed by atoms with Gasteiger partial charge in [0.25, 0.3) is 5.91 Å². The lowest BCUT2D eigenvalue weighted by Crippen LogP contribution is -2.43. The molecule has 0 atom stereocenters. The van der Waals surface area contributed by atoms with Gasteiger partial charge < -0.3 is 19.3 Å². The molecule has 1 aliphatic carbocycles. The van der Waals surface area contributed by atoms with E-state index < -0.39 is 0 Å². The van der Waals surface area contributed by atoms with Crippen molar-refractivity contribution < 1.29 is 19.1 Å². The number of hydrogen-bond acceptors (Lipinski definition) is 5. The Hall–Kier alpha value is -3.32. The van der Waals surface area contributed by atoms with Gasteiger partial charge >= 0.3 is 0 Å². The molecular weight excluding hydrogens is 424 g/mol. The van der Waals surface area contributed by atoms with Crippen LogP contribution < -0.4 is 9.47 Å². The Morgan fingerprint density at radius 2 is 1.75 bits per heavy atom. The van der Waals surface area contributed by atoms with Gasteiger partial charge in [-0.15, -0.1) is 11.3 Å². The fourth-order valence-electron chi connectivity index (χ4n) is 3.83. The van der Waals surface area contributed by atoms with Crippen molar-refractivity contribution in [3.05, 3.63) is 82.0 Å². The number of amides is 2. The molecular formula is C25H24N2O4S. The van der Waals surface area contributed by atoms with Gasteiger partial charge in [0.05, 0.1) is 6.54 Å². The molecule has 7 heteroatoms. The molecule has 164 valence electrons. The maximum atomic E-state index is 13.5. The lowest BCUT2D eigenvalue weighted by molar-refractivity contribution is -0.133. The third-order valence-electron chi connectivity index (χ3n) is 5.66. The fraction of sp³-hybridized carbons (Fsp3) is 0.280. The molecule has 5 rings (SSSR count). The van der Waals surface area contributed by atoms with Crippen molar-refractivity contribution in [2.45, 2.75) is 32.0 Å². The molecule has 0 N–H and O–H groups in total. The second kappa shape index (κ2) is 9.04. The van der Waals surface area contributed by atoms with Gasteiger partial charge in [0.1, 0.15) is 6.54 Å².